The van der Waals surface area contributed by atoms with E-state index in [4.69, 9.17) is 9.97 Å². The van der Waals surface area contributed by atoms with E-state index in [0.717, 1.165) is 15.5 Å². The van der Waals surface area contributed by atoms with E-state index in [1.54, 1.807) is 36.0 Å². The zero-order valence-electron chi connectivity index (χ0n) is 19.2. The molecule has 1 aliphatic heterocycles. The van der Waals surface area contributed by atoms with Crippen LogP contribution < -0.4 is 15.0 Å². The number of hydrogen-bond acceptors (Lipinski definition) is 9. The maximum Gasteiger partial charge on any atom is 0.573 e. The molecule has 0 unspecified atom stereocenters. The molecule has 2 aromatic carbocycles. The molecule has 1 fully saturated rings. The van der Waals surface area contributed by atoms with Crippen molar-refractivity contribution >= 4 is 40.7 Å². The van der Waals surface area contributed by atoms with Gasteiger partial charge in [-0.2, -0.15) is 4.98 Å². The molecule has 3 heterocycles. The molecular weight excluding hydrogens is 528 g/mol. The summed E-state index contributed by atoms with van der Waals surface area (Å²) in [4.78, 5) is 17.4. The highest BCUT2D eigenvalue weighted by Crippen LogP contribution is 2.31. The van der Waals surface area contributed by atoms with Gasteiger partial charge in [0.2, 0.25) is 5.95 Å². The lowest BCUT2D eigenvalue weighted by molar-refractivity contribution is -0.274. The predicted octanol–water partition coefficient (Wildman–Crippen LogP) is 6.21. The van der Waals surface area contributed by atoms with Crippen molar-refractivity contribution in [3.8, 4) is 16.3 Å². The van der Waals surface area contributed by atoms with E-state index >= 15 is 0 Å². The Morgan fingerprint density at radius 1 is 0.946 bits per heavy atom. The Labute approximate surface area is 218 Å². The van der Waals surface area contributed by atoms with E-state index in [0.29, 0.717) is 43.6 Å². The van der Waals surface area contributed by atoms with Gasteiger partial charge in [-0.3, -0.25) is 4.98 Å². The van der Waals surface area contributed by atoms with Gasteiger partial charge in [0, 0.05) is 49.0 Å². The summed E-state index contributed by atoms with van der Waals surface area (Å²) in [5, 5.41) is 3.22. The number of thiazole rings is 1. The van der Waals surface area contributed by atoms with Crippen molar-refractivity contribution in [2.45, 2.75) is 11.3 Å². The maximum atomic E-state index is 13.3. The van der Waals surface area contributed by atoms with Gasteiger partial charge in [-0.25, -0.2) is 13.7 Å². The second-order valence-corrected chi connectivity index (χ2v) is 10.0. The van der Waals surface area contributed by atoms with Crippen molar-refractivity contribution in [3.05, 3.63) is 72.1 Å². The van der Waals surface area contributed by atoms with Crippen molar-refractivity contribution in [2.24, 2.45) is 0 Å². The number of benzene rings is 2. The van der Waals surface area contributed by atoms with E-state index in [9.17, 15) is 17.6 Å². The summed E-state index contributed by atoms with van der Waals surface area (Å²) >= 11 is 2.95. The fourth-order valence-corrected chi connectivity index (χ4v) is 5.10. The van der Waals surface area contributed by atoms with Crippen LogP contribution in [-0.4, -0.2) is 51.8 Å². The first kappa shape index (κ1) is 25.2. The fourth-order valence-electron chi connectivity index (χ4n) is 3.62. The van der Waals surface area contributed by atoms with Gasteiger partial charge in [0.15, 0.2) is 0 Å². The minimum atomic E-state index is -4.71. The number of alkyl halides is 3. The smallest absolute Gasteiger partial charge is 0.406 e. The summed E-state index contributed by atoms with van der Waals surface area (Å²) in [5.74, 6) is 0.581. The first-order chi connectivity index (χ1) is 17.8. The zero-order chi connectivity index (χ0) is 25.8. The summed E-state index contributed by atoms with van der Waals surface area (Å²) in [5.41, 5.74) is 3.17. The lowest BCUT2D eigenvalue weighted by Crippen LogP contribution is -2.44. The molecule has 1 saturated heterocycles. The molecule has 0 amide bonds. The second-order valence-electron chi connectivity index (χ2n) is 7.96. The molecule has 0 aliphatic carbocycles. The Bertz CT molecular complexity index is 1310. The third kappa shape index (κ3) is 6.87. The monoisotopic (exact) mass is 548 g/mol. The molecule has 13 heteroatoms. The highest BCUT2D eigenvalue weighted by molar-refractivity contribution is 7.97. The van der Waals surface area contributed by atoms with Crippen LogP contribution in [0, 0.1) is 5.82 Å². The lowest BCUT2D eigenvalue weighted by Gasteiger charge is -2.34. The van der Waals surface area contributed by atoms with Crippen molar-refractivity contribution in [2.75, 3.05) is 36.4 Å². The topological polar surface area (TPSA) is 66.4 Å². The second kappa shape index (κ2) is 10.9. The largest absolute Gasteiger partial charge is 0.573 e. The first-order valence-corrected chi connectivity index (χ1v) is 12.8. The third-order valence-corrected chi connectivity index (χ3v) is 7.23. The van der Waals surface area contributed by atoms with Crippen LogP contribution in [0.25, 0.3) is 10.6 Å². The van der Waals surface area contributed by atoms with Crippen molar-refractivity contribution < 1.29 is 22.3 Å². The molecule has 0 saturated carbocycles. The average Bonchev–Trinajstić information content (AvgIpc) is 3.41. The normalized spacial score (nSPS) is 14.5. The predicted molar refractivity (Wildman–Crippen MR) is 136 cm³/mol. The highest BCUT2D eigenvalue weighted by atomic mass is 32.2. The Kier molecular flexibility index (Phi) is 7.44. The van der Waals surface area contributed by atoms with E-state index < -0.39 is 6.36 Å². The molecule has 2 aromatic heterocycles. The molecule has 5 rings (SSSR count). The van der Waals surface area contributed by atoms with Crippen LogP contribution in [-0.2, 0) is 0 Å². The Morgan fingerprint density at radius 3 is 2.32 bits per heavy atom. The number of halogens is 4. The summed E-state index contributed by atoms with van der Waals surface area (Å²) in [6.45, 7) is 2.70. The van der Waals surface area contributed by atoms with Gasteiger partial charge < -0.3 is 15.0 Å². The molecule has 0 atom stereocenters. The van der Waals surface area contributed by atoms with Crippen LogP contribution >= 0.6 is 23.3 Å². The molecule has 192 valence electrons. The number of aromatic nitrogens is 3. The molecule has 1 aliphatic rings. The number of hydrogen-bond donors (Lipinski definition) is 1. The van der Waals surface area contributed by atoms with E-state index in [2.05, 4.69) is 24.2 Å². The molecule has 0 bridgehead atoms. The van der Waals surface area contributed by atoms with Crippen LogP contribution in [0.3, 0.4) is 0 Å². The quantitative estimate of drug-likeness (QED) is 0.216. The van der Waals surface area contributed by atoms with Crippen LogP contribution in [0.5, 0.6) is 5.75 Å². The molecular formula is C24H20F4N6OS2. The van der Waals surface area contributed by atoms with Gasteiger partial charge in [0.1, 0.15) is 17.4 Å². The molecule has 4 aromatic rings. The number of piperazine rings is 1. The first-order valence-electron chi connectivity index (χ1n) is 11.1. The van der Waals surface area contributed by atoms with Crippen LogP contribution in [0.15, 0.2) is 71.2 Å². The Hall–Kier alpha value is -3.42. The number of nitrogens with one attached hydrogen (secondary N) is 1. The van der Waals surface area contributed by atoms with E-state index in [1.165, 1.54) is 47.6 Å². The highest BCUT2D eigenvalue weighted by Gasteiger charge is 2.31. The summed E-state index contributed by atoms with van der Waals surface area (Å²) in [6.07, 6.45) is -2.96. The Morgan fingerprint density at radius 2 is 1.68 bits per heavy atom. The SMILES string of the molecule is Fc1ccc(Nc2cc(-c3cncs3)nc(N3CCN(Sc4ccc(OC(F)(F)F)cc4)CC3)n2)cc1. The number of anilines is 3. The zero-order valence-corrected chi connectivity index (χ0v) is 20.8. The number of ether oxygens (including phenoxy) is 1. The van der Waals surface area contributed by atoms with Gasteiger partial charge in [-0.05, 0) is 60.5 Å². The summed E-state index contributed by atoms with van der Waals surface area (Å²) in [7, 11) is 0. The van der Waals surface area contributed by atoms with Gasteiger partial charge in [0.05, 0.1) is 16.1 Å². The standard InChI is InChI=1S/C24H20F4N6OS2/c25-16-1-3-17(4-2-16)30-22-13-20(21-14-29-15-36-21)31-23(32-22)33-9-11-34(12-10-33)37-19-7-5-18(6-8-19)35-24(26,27)28/h1-8,13-15H,9-12H2,(H,30,31,32). The van der Waals surface area contributed by atoms with Crippen molar-refractivity contribution in [3.63, 3.8) is 0 Å². The van der Waals surface area contributed by atoms with E-state index in [-0.39, 0.29) is 11.6 Å². The number of nitrogens with zero attached hydrogens (tertiary/aromatic N) is 5. The van der Waals surface area contributed by atoms with Crippen LogP contribution in [0.4, 0.5) is 35.0 Å². The van der Waals surface area contributed by atoms with Crippen molar-refractivity contribution in [1.29, 1.82) is 0 Å². The summed E-state index contributed by atoms with van der Waals surface area (Å²) in [6, 6.07) is 13.7. The minimum Gasteiger partial charge on any atom is -0.406 e. The molecule has 7 nitrogen and oxygen atoms in total. The lowest BCUT2D eigenvalue weighted by atomic mass is 10.3. The van der Waals surface area contributed by atoms with Gasteiger partial charge in [-0.15, -0.1) is 24.5 Å². The van der Waals surface area contributed by atoms with Gasteiger partial charge >= 0.3 is 6.36 Å². The molecule has 0 spiro atoms. The molecule has 37 heavy (non-hydrogen) atoms. The average molecular weight is 549 g/mol. The van der Waals surface area contributed by atoms with Gasteiger partial charge in [0.25, 0.3) is 0 Å². The maximum absolute atomic E-state index is 13.3. The van der Waals surface area contributed by atoms with E-state index in [1.807, 2.05) is 6.07 Å². The fraction of sp³-hybridized carbons (Fsp3) is 0.208. The third-order valence-electron chi connectivity index (χ3n) is 5.33. The molecule has 0 radical (unpaired) electrons. The molecule has 1 N–H and O–H groups in total. The van der Waals surface area contributed by atoms with Crippen molar-refractivity contribution in [1.82, 2.24) is 19.3 Å². The van der Waals surface area contributed by atoms with Crippen LogP contribution in [0.1, 0.15) is 0 Å². The number of rotatable bonds is 7. The van der Waals surface area contributed by atoms with Gasteiger partial charge in [-0.1, -0.05) is 0 Å². The minimum absolute atomic E-state index is 0.246. The summed E-state index contributed by atoms with van der Waals surface area (Å²) < 4.78 is 56.5. The Balaban J connectivity index is 1.26. The van der Waals surface area contributed by atoms with Crippen LogP contribution in [0.2, 0.25) is 0 Å².